The Balaban J connectivity index is 1.43. The van der Waals surface area contributed by atoms with Crippen LogP contribution in [-0.4, -0.2) is 61.8 Å². The van der Waals surface area contributed by atoms with E-state index in [0.29, 0.717) is 50.0 Å². The Bertz CT molecular complexity index is 776. The summed E-state index contributed by atoms with van der Waals surface area (Å²) in [5.41, 5.74) is 1.71. The first-order valence-corrected chi connectivity index (χ1v) is 9.53. The van der Waals surface area contributed by atoms with Crippen LogP contribution in [0.2, 0.25) is 5.02 Å². The van der Waals surface area contributed by atoms with Crippen molar-refractivity contribution in [3.63, 3.8) is 0 Å². The minimum Gasteiger partial charge on any atom is -0.378 e. The van der Waals surface area contributed by atoms with E-state index in [0.717, 1.165) is 17.9 Å². The molecule has 0 N–H and O–H groups in total. The molecule has 2 aliphatic heterocycles. The number of hydrogen-bond donors (Lipinski definition) is 0. The van der Waals surface area contributed by atoms with Crippen molar-refractivity contribution in [2.24, 2.45) is 0 Å². The second kappa shape index (κ2) is 8.25. The molecule has 0 radical (unpaired) electrons. The molecule has 1 aromatic heterocycles. The zero-order chi connectivity index (χ0) is 18.6. The average molecular weight is 388 g/mol. The molecule has 0 bridgehead atoms. The van der Waals surface area contributed by atoms with Crippen molar-refractivity contribution in [2.75, 3.05) is 50.9 Å². The number of amides is 1. The van der Waals surface area contributed by atoms with Crippen LogP contribution in [-0.2, 0) is 9.47 Å². The van der Waals surface area contributed by atoms with E-state index in [9.17, 15) is 4.79 Å². The number of carbonyl (C=O) groups is 1. The summed E-state index contributed by atoms with van der Waals surface area (Å²) >= 11 is 5.97. The van der Waals surface area contributed by atoms with E-state index >= 15 is 0 Å². The number of pyridine rings is 1. The quantitative estimate of drug-likeness (QED) is 0.810. The Morgan fingerprint density at radius 2 is 1.81 bits per heavy atom. The van der Waals surface area contributed by atoms with Gasteiger partial charge in [0.2, 0.25) is 0 Å². The maximum atomic E-state index is 12.5. The van der Waals surface area contributed by atoms with Gasteiger partial charge in [-0.15, -0.1) is 0 Å². The Hall–Kier alpha value is -2.15. The van der Waals surface area contributed by atoms with Crippen molar-refractivity contribution in [1.82, 2.24) is 9.88 Å². The molecule has 2 aliphatic rings. The zero-order valence-electron chi connectivity index (χ0n) is 15.0. The molecule has 2 fully saturated rings. The van der Waals surface area contributed by atoms with Crippen molar-refractivity contribution < 1.29 is 14.3 Å². The number of ether oxygens (including phenoxy) is 2. The molecule has 6 nitrogen and oxygen atoms in total. The van der Waals surface area contributed by atoms with Crippen LogP contribution in [0.5, 0.6) is 0 Å². The predicted molar refractivity (Wildman–Crippen MR) is 103 cm³/mol. The lowest BCUT2D eigenvalue weighted by atomic mass is 10.1. The van der Waals surface area contributed by atoms with Gasteiger partial charge in [0.1, 0.15) is 11.9 Å². The fraction of sp³-hybridized carbons (Fsp3) is 0.400. The summed E-state index contributed by atoms with van der Waals surface area (Å²) in [7, 11) is 0. The van der Waals surface area contributed by atoms with Gasteiger partial charge in [-0.2, -0.15) is 0 Å². The summed E-state index contributed by atoms with van der Waals surface area (Å²) in [5.74, 6) is 0.870. The van der Waals surface area contributed by atoms with E-state index in [1.165, 1.54) is 0 Å². The molecule has 2 saturated heterocycles. The maximum Gasteiger partial charge on any atom is 0.255 e. The largest absolute Gasteiger partial charge is 0.378 e. The number of halogens is 1. The fourth-order valence-electron chi connectivity index (χ4n) is 3.39. The highest BCUT2D eigenvalue weighted by Gasteiger charge is 2.24. The Labute approximate surface area is 163 Å². The smallest absolute Gasteiger partial charge is 0.255 e. The lowest BCUT2D eigenvalue weighted by molar-refractivity contribution is 0.0302. The van der Waals surface area contributed by atoms with Crippen LogP contribution in [0.4, 0.5) is 5.82 Å². The van der Waals surface area contributed by atoms with E-state index in [1.807, 2.05) is 41.3 Å². The van der Waals surface area contributed by atoms with E-state index in [2.05, 4.69) is 9.88 Å². The Morgan fingerprint density at radius 3 is 2.52 bits per heavy atom. The molecule has 3 heterocycles. The van der Waals surface area contributed by atoms with Crippen LogP contribution in [0.25, 0.3) is 0 Å². The number of rotatable bonds is 3. The van der Waals surface area contributed by atoms with Crippen LogP contribution in [0.1, 0.15) is 22.0 Å². The van der Waals surface area contributed by atoms with E-state index < -0.39 is 0 Å². The standard InChI is InChI=1S/C20H22ClN3O3/c21-17-4-1-15(2-5-17)18-14-24(9-12-27-18)19-6-3-16(13-22-19)20(25)23-7-10-26-11-8-23/h1-6,13,18H,7-12,14H2. The molecular formula is C20H22ClN3O3. The van der Waals surface area contributed by atoms with Crippen molar-refractivity contribution >= 4 is 23.3 Å². The second-order valence-electron chi connectivity index (χ2n) is 6.67. The van der Waals surface area contributed by atoms with Gasteiger partial charge in [-0.05, 0) is 29.8 Å². The summed E-state index contributed by atoms with van der Waals surface area (Å²) in [6, 6.07) is 11.5. The summed E-state index contributed by atoms with van der Waals surface area (Å²) in [6.45, 7) is 4.57. The lowest BCUT2D eigenvalue weighted by Crippen LogP contribution is -2.41. The number of benzene rings is 1. The van der Waals surface area contributed by atoms with E-state index in [1.54, 1.807) is 6.20 Å². The highest BCUT2D eigenvalue weighted by atomic mass is 35.5. The fourth-order valence-corrected chi connectivity index (χ4v) is 3.51. The topological polar surface area (TPSA) is 54.9 Å². The third kappa shape index (κ3) is 4.24. The molecule has 1 unspecified atom stereocenters. The van der Waals surface area contributed by atoms with Gasteiger partial charge in [0.15, 0.2) is 0 Å². The number of carbonyl (C=O) groups excluding carboxylic acids is 1. The van der Waals surface area contributed by atoms with Gasteiger partial charge in [0, 0.05) is 37.4 Å². The van der Waals surface area contributed by atoms with Gasteiger partial charge in [-0.25, -0.2) is 4.98 Å². The van der Waals surface area contributed by atoms with E-state index in [4.69, 9.17) is 21.1 Å². The highest BCUT2D eigenvalue weighted by Crippen LogP contribution is 2.26. The Kier molecular flexibility index (Phi) is 5.57. The number of nitrogens with zero attached hydrogens (tertiary/aromatic N) is 3. The van der Waals surface area contributed by atoms with Crippen molar-refractivity contribution in [3.05, 3.63) is 58.7 Å². The summed E-state index contributed by atoms with van der Waals surface area (Å²) in [6.07, 6.45) is 1.65. The van der Waals surface area contributed by atoms with Crippen molar-refractivity contribution in [1.29, 1.82) is 0 Å². The SMILES string of the molecule is O=C(c1ccc(N2CCOC(c3ccc(Cl)cc3)C2)nc1)N1CCOCC1. The van der Waals surface area contributed by atoms with E-state index in [-0.39, 0.29) is 12.0 Å². The zero-order valence-corrected chi connectivity index (χ0v) is 15.8. The molecule has 0 aliphatic carbocycles. The summed E-state index contributed by atoms with van der Waals surface area (Å²) in [5, 5.41) is 0.716. The van der Waals surface area contributed by atoms with Gasteiger partial charge in [-0.1, -0.05) is 23.7 Å². The van der Waals surface area contributed by atoms with Crippen LogP contribution in [0, 0.1) is 0 Å². The first-order chi connectivity index (χ1) is 13.2. The molecule has 1 aromatic carbocycles. The maximum absolute atomic E-state index is 12.5. The van der Waals surface area contributed by atoms with Crippen LogP contribution >= 0.6 is 11.6 Å². The molecule has 1 amide bonds. The van der Waals surface area contributed by atoms with Crippen LogP contribution in [0.15, 0.2) is 42.6 Å². The van der Waals surface area contributed by atoms with Gasteiger partial charge < -0.3 is 19.3 Å². The average Bonchev–Trinajstić information content (AvgIpc) is 2.75. The summed E-state index contributed by atoms with van der Waals surface area (Å²) in [4.78, 5) is 21.1. The van der Waals surface area contributed by atoms with Crippen LogP contribution in [0.3, 0.4) is 0 Å². The van der Waals surface area contributed by atoms with Gasteiger partial charge in [-0.3, -0.25) is 4.79 Å². The van der Waals surface area contributed by atoms with Gasteiger partial charge in [0.05, 0.1) is 25.4 Å². The molecular weight excluding hydrogens is 366 g/mol. The molecule has 27 heavy (non-hydrogen) atoms. The van der Waals surface area contributed by atoms with Crippen molar-refractivity contribution in [3.8, 4) is 0 Å². The monoisotopic (exact) mass is 387 g/mol. The third-order valence-corrected chi connectivity index (χ3v) is 5.18. The second-order valence-corrected chi connectivity index (χ2v) is 7.10. The van der Waals surface area contributed by atoms with Gasteiger partial charge >= 0.3 is 0 Å². The third-order valence-electron chi connectivity index (χ3n) is 4.93. The molecule has 2 aromatic rings. The number of morpholine rings is 2. The molecule has 142 valence electrons. The molecule has 4 rings (SSSR count). The molecule has 1 atom stereocenters. The Morgan fingerprint density at radius 1 is 1.04 bits per heavy atom. The summed E-state index contributed by atoms with van der Waals surface area (Å²) < 4.78 is 11.2. The first kappa shape index (κ1) is 18.2. The number of aromatic nitrogens is 1. The first-order valence-electron chi connectivity index (χ1n) is 9.16. The normalized spacial score (nSPS) is 20.6. The number of hydrogen-bond acceptors (Lipinski definition) is 5. The molecule has 7 heteroatoms. The molecule has 0 spiro atoms. The predicted octanol–water partition coefficient (Wildman–Crippen LogP) is 2.79. The van der Waals surface area contributed by atoms with Crippen molar-refractivity contribution in [2.45, 2.75) is 6.10 Å². The van der Waals surface area contributed by atoms with Gasteiger partial charge in [0.25, 0.3) is 5.91 Å². The minimum absolute atomic E-state index is 0.0124. The minimum atomic E-state index is -0.0209. The highest BCUT2D eigenvalue weighted by molar-refractivity contribution is 6.30. The molecule has 0 saturated carbocycles. The van der Waals surface area contributed by atoms with Crippen LogP contribution < -0.4 is 4.90 Å². The number of anilines is 1. The lowest BCUT2D eigenvalue weighted by Gasteiger charge is -2.34.